The zero-order valence-corrected chi connectivity index (χ0v) is 15.2. The summed E-state index contributed by atoms with van der Waals surface area (Å²) in [7, 11) is 0. The van der Waals surface area contributed by atoms with E-state index in [-0.39, 0.29) is 23.0 Å². The fraction of sp³-hybridized carbons (Fsp3) is 0.222. The molecule has 0 aromatic heterocycles. The van der Waals surface area contributed by atoms with Gasteiger partial charge in [0.1, 0.15) is 5.75 Å². The summed E-state index contributed by atoms with van der Waals surface area (Å²) in [5, 5.41) is 5.93. The Kier molecular flexibility index (Phi) is 7.10. The lowest BCUT2D eigenvalue weighted by Gasteiger charge is -2.09. The first-order valence-corrected chi connectivity index (χ1v) is 8.47. The van der Waals surface area contributed by atoms with Crippen molar-refractivity contribution in [3.8, 4) is 5.75 Å². The van der Waals surface area contributed by atoms with E-state index in [0.29, 0.717) is 18.2 Å². The van der Waals surface area contributed by atoms with Crippen molar-refractivity contribution in [2.45, 2.75) is 13.5 Å². The number of rotatable bonds is 7. The Morgan fingerprint density at radius 2 is 1.88 bits per heavy atom. The van der Waals surface area contributed by atoms with E-state index >= 15 is 0 Å². The summed E-state index contributed by atoms with van der Waals surface area (Å²) in [5.41, 5.74) is 1.18. The molecule has 0 bridgehead atoms. The molecule has 2 N–H and O–H groups in total. The molecule has 7 heteroatoms. The number of benzene rings is 2. The minimum Gasteiger partial charge on any atom is -0.494 e. The van der Waals surface area contributed by atoms with E-state index < -0.39 is 5.91 Å². The van der Waals surface area contributed by atoms with Gasteiger partial charge in [0.2, 0.25) is 5.91 Å². The molecule has 0 unspecified atom stereocenters. The van der Waals surface area contributed by atoms with Crippen LogP contribution in [0, 0.1) is 0 Å². The van der Waals surface area contributed by atoms with Crippen LogP contribution in [0.15, 0.2) is 42.5 Å². The molecule has 2 amide bonds. The Morgan fingerprint density at radius 3 is 2.60 bits per heavy atom. The highest BCUT2D eigenvalue weighted by atomic mass is 35.5. The first-order chi connectivity index (χ1) is 12.0. The number of carbonyl (C=O) groups excluding carboxylic acids is 2. The third-order valence-electron chi connectivity index (χ3n) is 3.28. The van der Waals surface area contributed by atoms with Crippen molar-refractivity contribution in [2.75, 3.05) is 13.2 Å². The molecular formula is C18H18Cl2N2O3. The Balaban J connectivity index is 1.82. The molecule has 0 saturated heterocycles. The molecule has 0 aliphatic carbocycles. The van der Waals surface area contributed by atoms with Crippen molar-refractivity contribution in [1.82, 2.24) is 10.6 Å². The average molecular weight is 381 g/mol. The quantitative estimate of drug-likeness (QED) is 0.772. The summed E-state index contributed by atoms with van der Waals surface area (Å²) < 4.78 is 5.41. The fourth-order valence-electron chi connectivity index (χ4n) is 2.10. The molecule has 0 spiro atoms. The van der Waals surface area contributed by atoms with E-state index in [2.05, 4.69) is 10.6 Å². The van der Waals surface area contributed by atoms with Crippen LogP contribution in [0.1, 0.15) is 22.8 Å². The zero-order valence-electron chi connectivity index (χ0n) is 13.6. The van der Waals surface area contributed by atoms with Crippen LogP contribution in [-0.4, -0.2) is 25.0 Å². The van der Waals surface area contributed by atoms with Gasteiger partial charge < -0.3 is 15.4 Å². The zero-order chi connectivity index (χ0) is 18.2. The molecule has 0 radical (unpaired) electrons. The second-order valence-electron chi connectivity index (χ2n) is 5.16. The SMILES string of the molecule is CCOc1cccc(CNC(=O)CNC(=O)c2ccc(Cl)cc2Cl)c1. The number of ether oxygens (including phenoxy) is 1. The van der Waals surface area contributed by atoms with Crippen LogP contribution < -0.4 is 15.4 Å². The third kappa shape index (κ3) is 5.96. The second-order valence-corrected chi connectivity index (χ2v) is 6.01. The molecule has 0 aliphatic rings. The van der Waals surface area contributed by atoms with E-state index in [1.807, 2.05) is 31.2 Å². The monoisotopic (exact) mass is 380 g/mol. The summed E-state index contributed by atoms with van der Waals surface area (Å²) >= 11 is 11.8. The van der Waals surface area contributed by atoms with E-state index in [0.717, 1.165) is 11.3 Å². The maximum Gasteiger partial charge on any atom is 0.253 e. The average Bonchev–Trinajstić information content (AvgIpc) is 2.58. The normalized spacial score (nSPS) is 10.2. The van der Waals surface area contributed by atoms with Crippen LogP contribution in [0.2, 0.25) is 10.0 Å². The van der Waals surface area contributed by atoms with Gasteiger partial charge in [-0.1, -0.05) is 35.3 Å². The lowest BCUT2D eigenvalue weighted by Crippen LogP contribution is -2.36. The largest absolute Gasteiger partial charge is 0.494 e. The number of nitrogens with one attached hydrogen (secondary N) is 2. The maximum absolute atomic E-state index is 12.0. The van der Waals surface area contributed by atoms with Gasteiger partial charge in [0.15, 0.2) is 0 Å². The molecule has 0 heterocycles. The van der Waals surface area contributed by atoms with Crippen molar-refractivity contribution in [1.29, 1.82) is 0 Å². The van der Waals surface area contributed by atoms with Crippen LogP contribution in [0.3, 0.4) is 0 Å². The van der Waals surface area contributed by atoms with Crippen molar-refractivity contribution in [3.05, 3.63) is 63.6 Å². The highest BCUT2D eigenvalue weighted by Crippen LogP contribution is 2.20. The number of carbonyl (C=O) groups is 2. The van der Waals surface area contributed by atoms with E-state index in [9.17, 15) is 9.59 Å². The smallest absolute Gasteiger partial charge is 0.253 e. The molecule has 2 aromatic rings. The van der Waals surface area contributed by atoms with E-state index in [4.69, 9.17) is 27.9 Å². The topological polar surface area (TPSA) is 67.4 Å². The Hall–Kier alpha value is -2.24. The molecule has 0 fully saturated rings. The molecule has 0 saturated carbocycles. The molecule has 0 aliphatic heterocycles. The molecule has 2 rings (SSSR count). The van der Waals surface area contributed by atoms with E-state index in [1.165, 1.54) is 12.1 Å². The van der Waals surface area contributed by atoms with Crippen molar-refractivity contribution >= 4 is 35.0 Å². The first kappa shape index (κ1) is 19.1. The fourth-order valence-corrected chi connectivity index (χ4v) is 2.60. The predicted octanol–water partition coefficient (Wildman–Crippen LogP) is 3.44. The Labute approximate surface area is 156 Å². The molecule has 132 valence electrons. The van der Waals surface area contributed by atoms with Crippen LogP contribution >= 0.6 is 23.2 Å². The second kappa shape index (κ2) is 9.30. The lowest BCUT2D eigenvalue weighted by molar-refractivity contribution is -0.120. The predicted molar refractivity (Wildman–Crippen MR) is 98.3 cm³/mol. The molecule has 5 nitrogen and oxygen atoms in total. The molecule has 0 atom stereocenters. The van der Waals surface area contributed by atoms with Gasteiger partial charge in [0.05, 0.1) is 23.7 Å². The summed E-state index contributed by atoms with van der Waals surface area (Å²) in [6.07, 6.45) is 0. The minimum absolute atomic E-state index is 0.150. The van der Waals surface area contributed by atoms with Gasteiger partial charge in [0, 0.05) is 11.6 Å². The molecule has 25 heavy (non-hydrogen) atoms. The number of amides is 2. The number of hydrogen-bond donors (Lipinski definition) is 2. The van der Waals surface area contributed by atoms with Crippen LogP contribution in [0.25, 0.3) is 0 Å². The van der Waals surface area contributed by atoms with Gasteiger partial charge in [-0.2, -0.15) is 0 Å². The number of halogens is 2. The van der Waals surface area contributed by atoms with Gasteiger partial charge in [-0.15, -0.1) is 0 Å². The first-order valence-electron chi connectivity index (χ1n) is 7.71. The third-order valence-corrected chi connectivity index (χ3v) is 3.83. The molecular weight excluding hydrogens is 363 g/mol. The summed E-state index contributed by atoms with van der Waals surface area (Å²) in [5.74, 6) is 0.00957. The number of hydrogen-bond acceptors (Lipinski definition) is 3. The van der Waals surface area contributed by atoms with Gasteiger partial charge in [-0.05, 0) is 42.8 Å². The molecule has 2 aromatic carbocycles. The van der Waals surface area contributed by atoms with Gasteiger partial charge in [-0.25, -0.2) is 0 Å². The van der Waals surface area contributed by atoms with Gasteiger partial charge in [-0.3, -0.25) is 9.59 Å². The highest BCUT2D eigenvalue weighted by molar-refractivity contribution is 6.36. The standard InChI is InChI=1S/C18H18Cl2N2O3/c1-2-25-14-5-3-4-12(8-14)10-21-17(23)11-22-18(24)15-7-6-13(19)9-16(15)20/h3-9H,2,10-11H2,1H3,(H,21,23)(H,22,24). The Morgan fingerprint density at radius 1 is 1.08 bits per heavy atom. The van der Waals surface area contributed by atoms with Crippen LogP contribution in [0.4, 0.5) is 0 Å². The Bertz CT molecular complexity index is 766. The van der Waals surface area contributed by atoms with Crippen molar-refractivity contribution in [2.24, 2.45) is 0 Å². The summed E-state index contributed by atoms with van der Waals surface area (Å²) in [4.78, 5) is 23.9. The van der Waals surface area contributed by atoms with Crippen molar-refractivity contribution in [3.63, 3.8) is 0 Å². The summed E-state index contributed by atoms with van der Waals surface area (Å²) in [6, 6.07) is 12.0. The lowest BCUT2D eigenvalue weighted by atomic mass is 10.2. The maximum atomic E-state index is 12.0. The van der Waals surface area contributed by atoms with Gasteiger partial charge in [0.25, 0.3) is 5.91 Å². The summed E-state index contributed by atoms with van der Waals surface area (Å²) in [6.45, 7) is 2.68. The van der Waals surface area contributed by atoms with Crippen LogP contribution in [0.5, 0.6) is 5.75 Å². The van der Waals surface area contributed by atoms with Crippen molar-refractivity contribution < 1.29 is 14.3 Å². The van der Waals surface area contributed by atoms with Gasteiger partial charge >= 0.3 is 0 Å². The minimum atomic E-state index is -0.435. The van der Waals surface area contributed by atoms with E-state index in [1.54, 1.807) is 6.07 Å². The highest BCUT2D eigenvalue weighted by Gasteiger charge is 2.12. The van der Waals surface area contributed by atoms with Crippen LogP contribution in [-0.2, 0) is 11.3 Å².